The summed E-state index contributed by atoms with van der Waals surface area (Å²) in [6, 6.07) is 17.1. The second kappa shape index (κ2) is 9.07. The number of likely N-dealkylation sites (tertiary alicyclic amines) is 1. The van der Waals surface area contributed by atoms with Crippen LogP contribution >= 0.6 is 0 Å². The topological polar surface area (TPSA) is 76.1 Å². The summed E-state index contributed by atoms with van der Waals surface area (Å²) in [5.74, 6) is 0.0682. The highest BCUT2D eigenvalue weighted by atomic mass is 16.5. The molecule has 0 atom stereocenters. The molecule has 2 aromatic carbocycles. The Hall–Kier alpha value is -3.02. The molecule has 0 spiro atoms. The number of nitrogens with zero attached hydrogens (tertiary/aromatic N) is 1. The van der Waals surface area contributed by atoms with E-state index in [1.54, 1.807) is 29.2 Å². The van der Waals surface area contributed by atoms with Gasteiger partial charge in [-0.3, -0.25) is 9.59 Å². The number of carboxylic acids is 1. The highest BCUT2D eigenvalue weighted by Gasteiger charge is 2.26. The van der Waals surface area contributed by atoms with Gasteiger partial charge < -0.3 is 19.5 Å². The Bertz CT molecular complexity index is 752. The first-order valence-corrected chi connectivity index (χ1v) is 9.02. The summed E-state index contributed by atoms with van der Waals surface area (Å²) in [6.07, 6.45) is 0.989. The molecule has 1 heterocycles. The van der Waals surface area contributed by atoms with E-state index in [1.165, 1.54) is 0 Å². The van der Waals surface area contributed by atoms with Gasteiger partial charge >= 0.3 is 5.97 Å². The molecule has 0 aliphatic carbocycles. The van der Waals surface area contributed by atoms with E-state index >= 15 is 0 Å². The van der Waals surface area contributed by atoms with Crippen LogP contribution in [0.25, 0.3) is 0 Å². The van der Waals surface area contributed by atoms with Crippen LogP contribution in [-0.2, 0) is 16.2 Å². The van der Waals surface area contributed by atoms with Crippen LogP contribution in [0.1, 0.15) is 18.4 Å². The molecule has 1 N–H and O–H groups in total. The first-order valence-electron chi connectivity index (χ1n) is 9.02. The summed E-state index contributed by atoms with van der Waals surface area (Å²) >= 11 is 0. The molecule has 1 fully saturated rings. The summed E-state index contributed by atoms with van der Waals surface area (Å²) in [4.78, 5) is 24.8. The maximum absolute atomic E-state index is 12.2. The smallest absolute Gasteiger partial charge is 0.306 e. The highest BCUT2D eigenvalue weighted by molar-refractivity contribution is 5.78. The molecule has 2 aromatic rings. The monoisotopic (exact) mass is 369 g/mol. The lowest BCUT2D eigenvalue weighted by molar-refractivity contribution is -0.146. The van der Waals surface area contributed by atoms with Gasteiger partial charge in [0.2, 0.25) is 0 Å². The molecular formula is C21H23NO5. The minimum absolute atomic E-state index is 0.0536. The van der Waals surface area contributed by atoms with Gasteiger partial charge in [-0.05, 0) is 42.7 Å². The van der Waals surface area contributed by atoms with Crippen molar-refractivity contribution in [2.75, 3.05) is 19.7 Å². The van der Waals surface area contributed by atoms with Gasteiger partial charge in [0.15, 0.2) is 6.61 Å². The normalized spacial score (nSPS) is 14.6. The zero-order chi connectivity index (χ0) is 19.1. The minimum Gasteiger partial charge on any atom is -0.489 e. The first kappa shape index (κ1) is 18.8. The maximum Gasteiger partial charge on any atom is 0.306 e. The molecule has 6 heteroatoms. The van der Waals surface area contributed by atoms with Crippen LogP contribution in [0.2, 0.25) is 0 Å². The molecule has 27 heavy (non-hydrogen) atoms. The van der Waals surface area contributed by atoms with Crippen molar-refractivity contribution in [2.24, 2.45) is 5.92 Å². The molecule has 0 radical (unpaired) electrons. The number of amides is 1. The van der Waals surface area contributed by atoms with Crippen molar-refractivity contribution in [3.63, 3.8) is 0 Å². The number of ether oxygens (including phenoxy) is 2. The predicted octanol–water partition coefficient (Wildman–Crippen LogP) is 2.97. The standard InChI is InChI=1S/C21H23NO5/c23-20(22-12-10-17(11-13-22)21(24)25)15-27-19-8-6-18(7-9-19)26-14-16-4-2-1-3-5-16/h1-9,17H,10-15H2,(H,24,25). The Morgan fingerprint density at radius 1 is 0.926 bits per heavy atom. The van der Waals surface area contributed by atoms with Gasteiger partial charge in [-0.1, -0.05) is 30.3 Å². The number of rotatable bonds is 7. The quantitative estimate of drug-likeness (QED) is 0.812. The van der Waals surface area contributed by atoms with Crippen molar-refractivity contribution >= 4 is 11.9 Å². The van der Waals surface area contributed by atoms with Crippen LogP contribution in [-0.4, -0.2) is 41.6 Å². The Balaban J connectivity index is 1.42. The Morgan fingerprint density at radius 2 is 1.52 bits per heavy atom. The second-order valence-electron chi connectivity index (χ2n) is 6.53. The minimum atomic E-state index is -0.784. The third kappa shape index (κ3) is 5.48. The van der Waals surface area contributed by atoms with Gasteiger partial charge in [0, 0.05) is 13.1 Å². The lowest BCUT2D eigenvalue weighted by atomic mass is 9.97. The molecule has 1 saturated heterocycles. The van der Waals surface area contributed by atoms with Crippen molar-refractivity contribution < 1.29 is 24.2 Å². The van der Waals surface area contributed by atoms with E-state index in [9.17, 15) is 9.59 Å². The average molecular weight is 369 g/mol. The van der Waals surface area contributed by atoms with Crippen LogP contribution in [0, 0.1) is 5.92 Å². The van der Waals surface area contributed by atoms with Crippen molar-refractivity contribution in [1.29, 1.82) is 0 Å². The van der Waals surface area contributed by atoms with Gasteiger partial charge in [-0.2, -0.15) is 0 Å². The number of benzene rings is 2. The molecule has 6 nitrogen and oxygen atoms in total. The van der Waals surface area contributed by atoms with E-state index in [4.69, 9.17) is 14.6 Å². The number of aliphatic carboxylic acids is 1. The number of hydrogen-bond acceptors (Lipinski definition) is 4. The van der Waals surface area contributed by atoms with Crippen molar-refractivity contribution in [3.8, 4) is 11.5 Å². The summed E-state index contributed by atoms with van der Waals surface area (Å²) in [5, 5.41) is 9.00. The number of carboxylic acid groups (broad SMARTS) is 1. The molecule has 0 saturated carbocycles. The van der Waals surface area contributed by atoms with Crippen LogP contribution in [0.3, 0.4) is 0 Å². The lowest BCUT2D eigenvalue weighted by Gasteiger charge is -2.30. The Morgan fingerprint density at radius 3 is 2.11 bits per heavy atom. The maximum atomic E-state index is 12.2. The largest absolute Gasteiger partial charge is 0.489 e. The predicted molar refractivity (Wildman–Crippen MR) is 99.7 cm³/mol. The van der Waals surface area contributed by atoms with E-state index < -0.39 is 5.97 Å². The van der Waals surface area contributed by atoms with Gasteiger partial charge in [-0.15, -0.1) is 0 Å². The van der Waals surface area contributed by atoms with Crippen molar-refractivity contribution in [2.45, 2.75) is 19.4 Å². The van der Waals surface area contributed by atoms with Gasteiger partial charge in [0.05, 0.1) is 5.92 Å². The summed E-state index contributed by atoms with van der Waals surface area (Å²) in [5.41, 5.74) is 1.09. The van der Waals surface area contributed by atoms with Gasteiger partial charge in [0.25, 0.3) is 5.91 Å². The van der Waals surface area contributed by atoms with Crippen LogP contribution < -0.4 is 9.47 Å². The second-order valence-corrected chi connectivity index (χ2v) is 6.53. The zero-order valence-corrected chi connectivity index (χ0v) is 15.0. The van der Waals surface area contributed by atoms with Crippen LogP contribution in [0.4, 0.5) is 0 Å². The van der Waals surface area contributed by atoms with E-state index in [2.05, 4.69) is 0 Å². The van der Waals surface area contributed by atoms with Crippen LogP contribution in [0.5, 0.6) is 11.5 Å². The highest BCUT2D eigenvalue weighted by Crippen LogP contribution is 2.20. The lowest BCUT2D eigenvalue weighted by Crippen LogP contribution is -2.42. The number of carbonyl (C=O) groups excluding carboxylic acids is 1. The summed E-state index contributed by atoms with van der Waals surface area (Å²) in [7, 11) is 0. The van der Waals surface area contributed by atoms with Crippen LogP contribution in [0.15, 0.2) is 54.6 Å². The number of carbonyl (C=O) groups is 2. The number of piperidine rings is 1. The fraction of sp³-hybridized carbons (Fsp3) is 0.333. The SMILES string of the molecule is O=C(O)C1CCN(C(=O)COc2ccc(OCc3ccccc3)cc2)CC1. The van der Waals surface area contributed by atoms with Crippen molar-refractivity contribution in [1.82, 2.24) is 4.90 Å². The van der Waals surface area contributed by atoms with Crippen molar-refractivity contribution in [3.05, 3.63) is 60.2 Å². The van der Waals surface area contributed by atoms with Gasteiger partial charge in [-0.25, -0.2) is 0 Å². The third-order valence-corrected chi connectivity index (χ3v) is 4.63. The zero-order valence-electron chi connectivity index (χ0n) is 15.0. The van der Waals surface area contributed by atoms with E-state index in [0.717, 1.165) is 11.3 Å². The van der Waals surface area contributed by atoms with E-state index in [0.29, 0.717) is 38.3 Å². The molecule has 0 unspecified atom stereocenters. The Labute approximate surface area is 158 Å². The fourth-order valence-electron chi connectivity index (χ4n) is 2.99. The molecule has 1 amide bonds. The van der Waals surface area contributed by atoms with E-state index in [1.807, 2.05) is 30.3 Å². The number of hydrogen-bond donors (Lipinski definition) is 1. The van der Waals surface area contributed by atoms with E-state index in [-0.39, 0.29) is 18.4 Å². The molecule has 0 bridgehead atoms. The fourth-order valence-corrected chi connectivity index (χ4v) is 2.99. The Kier molecular flexibility index (Phi) is 6.30. The first-order chi connectivity index (χ1) is 13.1. The molecule has 1 aliphatic heterocycles. The van der Waals surface area contributed by atoms with Gasteiger partial charge in [0.1, 0.15) is 18.1 Å². The summed E-state index contributed by atoms with van der Waals surface area (Å²) in [6.45, 7) is 1.37. The third-order valence-electron chi connectivity index (χ3n) is 4.63. The summed E-state index contributed by atoms with van der Waals surface area (Å²) < 4.78 is 11.3. The molecular weight excluding hydrogens is 346 g/mol. The molecule has 3 rings (SSSR count). The molecule has 142 valence electrons. The molecule has 1 aliphatic rings. The average Bonchev–Trinajstić information content (AvgIpc) is 2.72. The molecule has 0 aromatic heterocycles.